The molecular weight excluding hydrogens is 230 g/mol. The van der Waals surface area contributed by atoms with Gasteiger partial charge in [0.15, 0.2) is 0 Å². The van der Waals surface area contributed by atoms with Crippen molar-refractivity contribution in [3.63, 3.8) is 0 Å². The summed E-state index contributed by atoms with van der Waals surface area (Å²) in [7, 11) is -0.777. The van der Waals surface area contributed by atoms with Gasteiger partial charge in [-0.25, -0.2) is 0 Å². The molecule has 0 amide bonds. The molecule has 2 rings (SSSR count). The second kappa shape index (κ2) is 5.97. The van der Waals surface area contributed by atoms with Crippen molar-refractivity contribution in [1.29, 1.82) is 5.26 Å². The average molecular weight is 247 g/mol. The monoisotopic (exact) mass is 247 g/mol. The number of hydrogen-bond donors (Lipinski definition) is 0. The summed E-state index contributed by atoms with van der Waals surface area (Å²) >= 11 is 0. The van der Waals surface area contributed by atoms with E-state index in [0.717, 1.165) is 18.4 Å². The van der Waals surface area contributed by atoms with E-state index in [0.29, 0.717) is 16.6 Å². The van der Waals surface area contributed by atoms with Crippen molar-refractivity contribution in [3.05, 3.63) is 35.4 Å². The molecule has 0 saturated heterocycles. The van der Waals surface area contributed by atoms with E-state index in [1.54, 1.807) is 6.07 Å². The van der Waals surface area contributed by atoms with Crippen LogP contribution in [0.1, 0.15) is 43.2 Å². The van der Waals surface area contributed by atoms with Crippen molar-refractivity contribution < 1.29 is 4.21 Å². The molecule has 0 bridgehead atoms. The first-order valence-corrected chi connectivity index (χ1v) is 7.54. The normalized spacial score (nSPS) is 18.5. The smallest absolute Gasteiger partial charge is 0.0991 e. The molecule has 17 heavy (non-hydrogen) atoms. The average Bonchev–Trinajstić information content (AvgIpc) is 2.40. The molecule has 0 spiro atoms. The van der Waals surface area contributed by atoms with E-state index in [4.69, 9.17) is 5.26 Å². The molecule has 1 aliphatic rings. The van der Waals surface area contributed by atoms with Gasteiger partial charge in [0.05, 0.1) is 11.6 Å². The minimum atomic E-state index is -0.777. The Labute approximate surface area is 105 Å². The van der Waals surface area contributed by atoms with E-state index in [2.05, 4.69) is 6.07 Å². The van der Waals surface area contributed by atoms with Crippen molar-refractivity contribution in [2.75, 3.05) is 0 Å². The van der Waals surface area contributed by atoms with Gasteiger partial charge >= 0.3 is 0 Å². The van der Waals surface area contributed by atoms with Gasteiger partial charge in [0.25, 0.3) is 0 Å². The third-order valence-electron chi connectivity index (χ3n) is 3.29. The van der Waals surface area contributed by atoms with Crippen LogP contribution in [0, 0.1) is 11.3 Å². The molecule has 90 valence electrons. The fourth-order valence-corrected chi connectivity index (χ4v) is 3.94. The van der Waals surface area contributed by atoms with Crippen LogP contribution in [-0.2, 0) is 16.6 Å². The van der Waals surface area contributed by atoms with E-state index < -0.39 is 10.8 Å². The summed E-state index contributed by atoms with van der Waals surface area (Å²) in [6.45, 7) is 0. The highest BCUT2D eigenvalue weighted by Gasteiger charge is 2.19. The Morgan fingerprint density at radius 3 is 2.76 bits per heavy atom. The van der Waals surface area contributed by atoms with Crippen LogP contribution in [0.3, 0.4) is 0 Å². The van der Waals surface area contributed by atoms with Crippen molar-refractivity contribution in [2.45, 2.75) is 43.1 Å². The number of nitrogens with zero attached hydrogens (tertiary/aromatic N) is 1. The van der Waals surface area contributed by atoms with Gasteiger partial charge in [-0.3, -0.25) is 4.21 Å². The van der Waals surface area contributed by atoms with Crippen LogP contribution in [-0.4, -0.2) is 9.46 Å². The molecule has 0 heterocycles. The van der Waals surface area contributed by atoms with Gasteiger partial charge in [0, 0.05) is 21.8 Å². The van der Waals surface area contributed by atoms with Crippen LogP contribution < -0.4 is 0 Å². The van der Waals surface area contributed by atoms with Crippen LogP contribution in [0.25, 0.3) is 0 Å². The van der Waals surface area contributed by atoms with Crippen LogP contribution in [0.2, 0.25) is 0 Å². The van der Waals surface area contributed by atoms with Gasteiger partial charge in [-0.15, -0.1) is 0 Å². The molecule has 1 unspecified atom stereocenters. The maximum Gasteiger partial charge on any atom is 0.0991 e. The maximum atomic E-state index is 12.2. The highest BCUT2D eigenvalue weighted by molar-refractivity contribution is 7.84. The molecule has 0 aromatic heterocycles. The quantitative estimate of drug-likeness (QED) is 0.823. The van der Waals surface area contributed by atoms with Crippen molar-refractivity contribution in [1.82, 2.24) is 0 Å². The number of rotatable bonds is 3. The molecule has 3 heteroatoms. The standard InChI is InChI=1S/C14H17NOS/c15-10-12-5-4-6-13(9-12)11-17(16)14-7-2-1-3-8-14/h4-6,9,14H,1-3,7-8,11H2. The van der Waals surface area contributed by atoms with E-state index >= 15 is 0 Å². The fourth-order valence-electron chi connectivity index (χ4n) is 2.34. The van der Waals surface area contributed by atoms with E-state index in [1.165, 1.54) is 19.3 Å². The summed E-state index contributed by atoms with van der Waals surface area (Å²) < 4.78 is 12.2. The summed E-state index contributed by atoms with van der Waals surface area (Å²) in [6, 6.07) is 9.58. The van der Waals surface area contributed by atoms with Gasteiger partial charge in [-0.2, -0.15) is 5.26 Å². The molecule has 1 aliphatic carbocycles. The molecule has 2 nitrogen and oxygen atoms in total. The lowest BCUT2D eigenvalue weighted by molar-refractivity contribution is 0.504. The first-order chi connectivity index (χ1) is 8.29. The predicted molar refractivity (Wildman–Crippen MR) is 69.9 cm³/mol. The molecule has 1 aromatic rings. The van der Waals surface area contributed by atoms with Crippen LogP contribution in [0.4, 0.5) is 0 Å². The maximum absolute atomic E-state index is 12.2. The first kappa shape index (κ1) is 12.3. The topological polar surface area (TPSA) is 40.9 Å². The van der Waals surface area contributed by atoms with E-state index in [1.807, 2.05) is 18.2 Å². The van der Waals surface area contributed by atoms with Crippen LogP contribution in [0.15, 0.2) is 24.3 Å². The van der Waals surface area contributed by atoms with Crippen LogP contribution >= 0.6 is 0 Å². The zero-order chi connectivity index (χ0) is 12.1. The fraction of sp³-hybridized carbons (Fsp3) is 0.500. The lowest BCUT2D eigenvalue weighted by Gasteiger charge is -2.20. The zero-order valence-corrected chi connectivity index (χ0v) is 10.7. The molecule has 1 aromatic carbocycles. The number of hydrogen-bond acceptors (Lipinski definition) is 2. The van der Waals surface area contributed by atoms with E-state index in [-0.39, 0.29) is 0 Å². The summed E-state index contributed by atoms with van der Waals surface area (Å²) in [5.41, 5.74) is 1.68. The Kier molecular flexibility index (Phi) is 4.33. The summed E-state index contributed by atoms with van der Waals surface area (Å²) in [4.78, 5) is 0. The zero-order valence-electron chi connectivity index (χ0n) is 9.89. The third kappa shape index (κ3) is 3.41. The van der Waals surface area contributed by atoms with Gasteiger partial charge < -0.3 is 0 Å². The Morgan fingerprint density at radius 2 is 2.06 bits per heavy atom. The number of benzene rings is 1. The summed E-state index contributed by atoms with van der Waals surface area (Å²) in [5.74, 6) is 0.597. The SMILES string of the molecule is N#Cc1cccc(CS(=O)C2CCCCC2)c1. The molecule has 0 N–H and O–H groups in total. The Bertz CT molecular complexity index is 444. The van der Waals surface area contributed by atoms with Gasteiger partial charge in [-0.05, 0) is 30.5 Å². The predicted octanol–water partition coefficient (Wildman–Crippen LogP) is 3.14. The van der Waals surface area contributed by atoms with E-state index in [9.17, 15) is 4.21 Å². The highest BCUT2D eigenvalue weighted by atomic mass is 32.2. The van der Waals surface area contributed by atoms with Crippen molar-refractivity contribution in [3.8, 4) is 6.07 Å². The molecule has 1 saturated carbocycles. The van der Waals surface area contributed by atoms with Gasteiger partial charge in [0.2, 0.25) is 0 Å². The first-order valence-electron chi connectivity index (χ1n) is 6.16. The molecular formula is C14H17NOS. The largest absolute Gasteiger partial charge is 0.259 e. The molecule has 0 aliphatic heterocycles. The Hall–Kier alpha value is -1.14. The third-order valence-corrected chi connectivity index (χ3v) is 5.12. The Balaban J connectivity index is 1.99. The molecule has 1 fully saturated rings. The Morgan fingerprint density at radius 1 is 1.29 bits per heavy atom. The second-order valence-corrected chi connectivity index (χ2v) is 6.31. The summed E-state index contributed by atoms with van der Waals surface area (Å²) in [5, 5.41) is 9.19. The van der Waals surface area contributed by atoms with Crippen LogP contribution in [0.5, 0.6) is 0 Å². The second-order valence-electron chi connectivity index (χ2n) is 4.60. The minimum Gasteiger partial charge on any atom is -0.259 e. The lowest BCUT2D eigenvalue weighted by Crippen LogP contribution is -2.19. The van der Waals surface area contributed by atoms with Gasteiger partial charge in [0.1, 0.15) is 0 Å². The highest BCUT2D eigenvalue weighted by Crippen LogP contribution is 2.23. The van der Waals surface area contributed by atoms with Crippen molar-refractivity contribution >= 4 is 10.8 Å². The summed E-state index contributed by atoms with van der Waals surface area (Å²) in [6.07, 6.45) is 5.93. The lowest BCUT2D eigenvalue weighted by atomic mass is 10.0. The van der Waals surface area contributed by atoms with Gasteiger partial charge in [-0.1, -0.05) is 31.4 Å². The van der Waals surface area contributed by atoms with Crippen molar-refractivity contribution in [2.24, 2.45) is 0 Å². The molecule has 0 radical (unpaired) electrons. The minimum absolute atomic E-state index is 0.370. The molecule has 1 atom stereocenters. The number of nitriles is 1.